The van der Waals surface area contributed by atoms with Crippen LogP contribution in [0, 0.1) is 0 Å². The monoisotopic (exact) mass is 395 g/mol. The Morgan fingerprint density at radius 1 is 1.23 bits per heavy atom. The molecular formula is C18H19Cl2N3O3. The minimum atomic E-state index is -0.235. The maximum atomic E-state index is 12.0. The van der Waals surface area contributed by atoms with Crippen LogP contribution in [-0.4, -0.2) is 43.8 Å². The van der Waals surface area contributed by atoms with Crippen LogP contribution in [0.15, 0.2) is 36.5 Å². The van der Waals surface area contributed by atoms with Crippen molar-refractivity contribution in [2.75, 3.05) is 37.8 Å². The van der Waals surface area contributed by atoms with Gasteiger partial charge in [0.25, 0.3) is 5.91 Å². The molecule has 1 aromatic heterocycles. The summed E-state index contributed by atoms with van der Waals surface area (Å²) in [6, 6.07) is 8.71. The zero-order valence-electron chi connectivity index (χ0n) is 14.1. The van der Waals surface area contributed by atoms with Gasteiger partial charge >= 0.3 is 0 Å². The Balaban J connectivity index is 1.49. The van der Waals surface area contributed by atoms with Gasteiger partial charge in [0.15, 0.2) is 6.61 Å². The molecule has 8 heteroatoms. The number of carbonyl (C=O) groups excluding carboxylic acids is 1. The van der Waals surface area contributed by atoms with Gasteiger partial charge in [0.1, 0.15) is 11.6 Å². The van der Waals surface area contributed by atoms with Gasteiger partial charge in [0, 0.05) is 30.9 Å². The third-order valence-electron chi connectivity index (χ3n) is 3.89. The molecule has 0 aliphatic carbocycles. The van der Waals surface area contributed by atoms with Crippen LogP contribution in [0.5, 0.6) is 5.75 Å². The molecule has 0 spiro atoms. The Hall–Kier alpha value is -2.02. The predicted molar refractivity (Wildman–Crippen MR) is 101 cm³/mol. The number of anilines is 1. The number of halogens is 2. The Labute approximate surface area is 162 Å². The number of ether oxygens (including phenoxy) is 2. The van der Waals surface area contributed by atoms with Crippen LogP contribution >= 0.6 is 23.2 Å². The molecule has 26 heavy (non-hydrogen) atoms. The number of hydrogen-bond acceptors (Lipinski definition) is 5. The molecule has 1 aliphatic rings. The van der Waals surface area contributed by atoms with Crippen LogP contribution < -0.4 is 15.0 Å². The molecule has 1 saturated heterocycles. The van der Waals surface area contributed by atoms with E-state index in [1.807, 2.05) is 12.1 Å². The minimum Gasteiger partial charge on any atom is -0.482 e. The summed E-state index contributed by atoms with van der Waals surface area (Å²) in [6.07, 6.45) is 1.75. The third-order valence-corrected chi connectivity index (χ3v) is 4.42. The van der Waals surface area contributed by atoms with Crippen LogP contribution in [0.3, 0.4) is 0 Å². The first-order valence-electron chi connectivity index (χ1n) is 8.24. The molecule has 0 radical (unpaired) electrons. The first-order valence-corrected chi connectivity index (χ1v) is 8.99. The van der Waals surface area contributed by atoms with E-state index in [0.717, 1.165) is 24.5 Å². The molecule has 0 atom stereocenters. The lowest BCUT2D eigenvalue weighted by Gasteiger charge is -2.28. The summed E-state index contributed by atoms with van der Waals surface area (Å²) in [7, 11) is 0. The van der Waals surface area contributed by atoms with Crippen LogP contribution in [0.1, 0.15) is 5.56 Å². The fourth-order valence-electron chi connectivity index (χ4n) is 2.52. The molecule has 1 aliphatic heterocycles. The number of nitrogens with one attached hydrogen (secondary N) is 1. The van der Waals surface area contributed by atoms with Gasteiger partial charge in [0.05, 0.1) is 18.2 Å². The van der Waals surface area contributed by atoms with Crippen molar-refractivity contribution in [3.63, 3.8) is 0 Å². The molecule has 6 nitrogen and oxygen atoms in total. The first-order chi connectivity index (χ1) is 12.6. The number of morpholine rings is 1. The van der Waals surface area contributed by atoms with Crippen LogP contribution in [0.2, 0.25) is 10.0 Å². The molecule has 0 unspecified atom stereocenters. The lowest BCUT2D eigenvalue weighted by atomic mass is 10.2. The van der Waals surface area contributed by atoms with Crippen LogP contribution in [0.25, 0.3) is 0 Å². The second-order valence-electron chi connectivity index (χ2n) is 5.76. The number of pyridine rings is 1. The van der Waals surface area contributed by atoms with Crippen molar-refractivity contribution in [3.8, 4) is 5.75 Å². The summed E-state index contributed by atoms with van der Waals surface area (Å²) in [4.78, 5) is 18.6. The van der Waals surface area contributed by atoms with E-state index in [-0.39, 0.29) is 12.5 Å². The molecule has 138 valence electrons. The highest BCUT2D eigenvalue weighted by molar-refractivity contribution is 6.35. The molecule has 2 aromatic rings. The largest absolute Gasteiger partial charge is 0.482 e. The first kappa shape index (κ1) is 18.8. The van der Waals surface area contributed by atoms with Gasteiger partial charge < -0.3 is 19.7 Å². The number of nitrogens with zero attached hydrogens (tertiary/aromatic N) is 2. The van der Waals surface area contributed by atoms with E-state index in [0.29, 0.717) is 35.6 Å². The number of benzene rings is 1. The average Bonchev–Trinajstić information content (AvgIpc) is 2.66. The lowest BCUT2D eigenvalue weighted by molar-refractivity contribution is -0.123. The van der Waals surface area contributed by atoms with Gasteiger partial charge in [-0.3, -0.25) is 4.79 Å². The van der Waals surface area contributed by atoms with E-state index < -0.39 is 0 Å². The van der Waals surface area contributed by atoms with Crippen LogP contribution in [-0.2, 0) is 16.1 Å². The van der Waals surface area contributed by atoms with Gasteiger partial charge in [-0.2, -0.15) is 0 Å². The zero-order valence-corrected chi connectivity index (χ0v) is 15.6. The van der Waals surface area contributed by atoms with Gasteiger partial charge in [-0.25, -0.2) is 4.98 Å². The van der Waals surface area contributed by atoms with Gasteiger partial charge in [-0.1, -0.05) is 23.2 Å². The van der Waals surface area contributed by atoms with Crippen molar-refractivity contribution in [3.05, 3.63) is 52.1 Å². The van der Waals surface area contributed by atoms with E-state index in [1.165, 1.54) is 0 Å². The smallest absolute Gasteiger partial charge is 0.258 e. The second-order valence-corrected chi connectivity index (χ2v) is 6.61. The summed E-state index contributed by atoms with van der Waals surface area (Å²) in [6.45, 7) is 3.32. The Kier molecular flexibility index (Phi) is 6.55. The van der Waals surface area contributed by atoms with Crippen molar-refractivity contribution >= 4 is 34.9 Å². The molecule has 0 bridgehead atoms. The highest BCUT2D eigenvalue weighted by atomic mass is 35.5. The summed E-state index contributed by atoms with van der Waals surface area (Å²) in [5, 5.41) is 3.71. The number of hydrogen-bond donors (Lipinski definition) is 1. The molecule has 1 N–H and O–H groups in total. The summed E-state index contributed by atoms with van der Waals surface area (Å²) in [5.74, 6) is 1.08. The number of carbonyl (C=O) groups is 1. The standard InChI is InChI=1S/C18H19Cl2N3O3/c19-14-1-2-16(15(20)10-14)26-12-18(24)22-11-13-3-4-21-17(9-13)23-5-7-25-8-6-23/h1-4,9-10H,5-8,11-12H2,(H,22,24). The highest BCUT2D eigenvalue weighted by Crippen LogP contribution is 2.27. The van der Waals surface area contributed by atoms with E-state index in [4.69, 9.17) is 32.7 Å². The van der Waals surface area contributed by atoms with E-state index in [2.05, 4.69) is 15.2 Å². The Morgan fingerprint density at radius 3 is 2.81 bits per heavy atom. The highest BCUT2D eigenvalue weighted by Gasteiger charge is 2.13. The summed E-state index contributed by atoms with van der Waals surface area (Å²) in [5.41, 5.74) is 0.972. The van der Waals surface area contributed by atoms with Crippen molar-refractivity contribution in [1.29, 1.82) is 0 Å². The molecule has 1 aromatic carbocycles. The number of rotatable bonds is 6. The fourth-order valence-corrected chi connectivity index (χ4v) is 2.99. The molecular weight excluding hydrogens is 377 g/mol. The third kappa shape index (κ3) is 5.24. The summed E-state index contributed by atoms with van der Waals surface area (Å²) >= 11 is 11.8. The minimum absolute atomic E-state index is 0.122. The van der Waals surface area contributed by atoms with Gasteiger partial charge in [-0.05, 0) is 35.9 Å². The quantitative estimate of drug-likeness (QED) is 0.814. The normalized spacial score (nSPS) is 14.2. The summed E-state index contributed by atoms with van der Waals surface area (Å²) < 4.78 is 10.8. The van der Waals surface area contributed by atoms with Crippen LogP contribution in [0.4, 0.5) is 5.82 Å². The molecule has 2 heterocycles. The molecule has 1 fully saturated rings. The fraction of sp³-hybridized carbons (Fsp3) is 0.333. The van der Waals surface area contributed by atoms with Crippen molar-refractivity contribution < 1.29 is 14.3 Å². The maximum Gasteiger partial charge on any atom is 0.258 e. The van der Waals surface area contributed by atoms with Gasteiger partial charge in [-0.15, -0.1) is 0 Å². The van der Waals surface area contributed by atoms with E-state index >= 15 is 0 Å². The second kappa shape index (κ2) is 9.07. The Bertz CT molecular complexity index is 767. The maximum absolute atomic E-state index is 12.0. The zero-order chi connectivity index (χ0) is 18.4. The van der Waals surface area contributed by atoms with E-state index in [1.54, 1.807) is 24.4 Å². The van der Waals surface area contributed by atoms with Crippen molar-refractivity contribution in [2.45, 2.75) is 6.54 Å². The number of aromatic nitrogens is 1. The van der Waals surface area contributed by atoms with Gasteiger partial charge in [0.2, 0.25) is 0 Å². The van der Waals surface area contributed by atoms with E-state index in [9.17, 15) is 4.79 Å². The average molecular weight is 396 g/mol. The topological polar surface area (TPSA) is 63.7 Å². The van der Waals surface area contributed by atoms with Crippen molar-refractivity contribution in [1.82, 2.24) is 10.3 Å². The Morgan fingerprint density at radius 2 is 2.04 bits per heavy atom. The molecule has 0 saturated carbocycles. The van der Waals surface area contributed by atoms with Crippen molar-refractivity contribution in [2.24, 2.45) is 0 Å². The number of amides is 1. The SMILES string of the molecule is O=C(COc1ccc(Cl)cc1Cl)NCc1ccnc(N2CCOCC2)c1. The molecule has 1 amide bonds. The predicted octanol–water partition coefficient (Wildman–Crippen LogP) is 2.92. The lowest BCUT2D eigenvalue weighted by Crippen LogP contribution is -2.36. The molecule has 3 rings (SSSR count).